The van der Waals surface area contributed by atoms with Crippen molar-refractivity contribution in [2.45, 2.75) is 13.8 Å². The quantitative estimate of drug-likeness (QED) is 0.777. The highest BCUT2D eigenvalue weighted by molar-refractivity contribution is 7.92. The molecule has 0 bridgehead atoms. The number of carbonyl (C=O) groups excluding carboxylic acids is 1. The smallest absolute Gasteiger partial charge is 0.245 e. The van der Waals surface area contributed by atoms with Gasteiger partial charge < -0.3 is 10.1 Å². The molecule has 0 unspecified atom stereocenters. The summed E-state index contributed by atoms with van der Waals surface area (Å²) in [4.78, 5) is 12.5. The zero-order valence-corrected chi connectivity index (χ0v) is 16.4. The second-order valence-corrected chi connectivity index (χ2v) is 8.02. The third-order valence-corrected chi connectivity index (χ3v) is 4.95. The average Bonchev–Trinajstić information content (AvgIpc) is 2.56. The molecule has 6 nitrogen and oxygen atoms in total. The van der Waals surface area contributed by atoms with Crippen molar-refractivity contribution >= 4 is 38.9 Å². The zero-order chi connectivity index (χ0) is 19.3. The van der Waals surface area contributed by atoms with Gasteiger partial charge in [-0.3, -0.25) is 9.10 Å². The van der Waals surface area contributed by atoms with Gasteiger partial charge >= 0.3 is 0 Å². The fraction of sp³-hybridized carbons (Fsp3) is 0.278. The normalized spacial score (nSPS) is 11.1. The first-order chi connectivity index (χ1) is 12.2. The molecule has 1 amide bonds. The van der Waals surface area contributed by atoms with Gasteiger partial charge in [-0.25, -0.2) is 8.42 Å². The van der Waals surface area contributed by atoms with E-state index >= 15 is 0 Å². The number of benzene rings is 2. The number of hydrogen-bond acceptors (Lipinski definition) is 4. The molecule has 0 aliphatic heterocycles. The maximum atomic E-state index is 12.5. The third-order valence-electron chi connectivity index (χ3n) is 3.59. The number of para-hydroxylation sites is 2. The molecular formula is C18H21ClN2O4S. The van der Waals surface area contributed by atoms with E-state index in [4.69, 9.17) is 16.3 Å². The summed E-state index contributed by atoms with van der Waals surface area (Å²) in [6.07, 6.45) is 1.05. The van der Waals surface area contributed by atoms with Crippen LogP contribution in [0.3, 0.4) is 0 Å². The van der Waals surface area contributed by atoms with Gasteiger partial charge in [-0.2, -0.15) is 0 Å². The molecule has 0 aliphatic carbocycles. The van der Waals surface area contributed by atoms with Crippen molar-refractivity contribution < 1.29 is 17.9 Å². The summed E-state index contributed by atoms with van der Waals surface area (Å²) in [6, 6.07) is 11.9. The number of nitrogens with zero attached hydrogens (tertiary/aromatic N) is 1. The van der Waals surface area contributed by atoms with E-state index in [1.54, 1.807) is 43.3 Å². The highest BCUT2D eigenvalue weighted by Crippen LogP contribution is 2.27. The maximum Gasteiger partial charge on any atom is 0.245 e. The van der Waals surface area contributed by atoms with Gasteiger partial charge in [0.25, 0.3) is 0 Å². The van der Waals surface area contributed by atoms with Gasteiger partial charge in [0, 0.05) is 5.02 Å². The summed E-state index contributed by atoms with van der Waals surface area (Å²) in [5.41, 5.74) is 1.55. The van der Waals surface area contributed by atoms with E-state index < -0.39 is 15.9 Å². The number of aryl methyl sites for hydroxylation is 1. The summed E-state index contributed by atoms with van der Waals surface area (Å²) in [7, 11) is -3.68. The lowest BCUT2D eigenvalue weighted by atomic mass is 10.2. The molecule has 0 saturated heterocycles. The number of ether oxygens (including phenoxy) is 1. The third kappa shape index (κ3) is 5.12. The van der Waals surface area contributed by atoms with Crippen LogP contribution >= 0.6 is 11.6 Å². The first kappa shape index (κ1) is 20.1. The molecule has 0 aliphatic rings. The summed E-state index contributed by atoms with van der Waals surface area (Å²) in [5, 5.41) is 3.09. The Morgan fingerprint density at radius 2 is 1.92 bits per heavy atom. The van der Waals surface area contributed by atoms with Gasteiger partial charge in [-0.05, 0) is 43.7 Å². The minimum Gasteiger partial charge on any atom is -0.492 e. The molecule has 0 saturated carbocycles. The standard InChI is InChI=1S/C18H21ClN2O4S/c1-4-25-17-8-6-5-7-15(17)20-18(22)12-21(26(3,23)24)16-11-14(19)10-9-13(16)2/h5-11H,4,12H2,1-3H3,(H,20,22). The molecule has 0 atom stereocenters. The Bertz CT molecular complexity index is 900. The van der Waals surface area contributed by atoms with Crippen LogP contribution in [0.2, 0.25) is 5.02 Å². The molecular weight excluding hydrogens is 376 g/mol. The highest BCUT2D eigenvalue weighted by atomic mass is 35.5. The minimum atomic E-state index is -3.68. The molecule has 1 N–H and O–H groups in total. The molecule has 8 heteroatoms. The fourth-order valence-electron chi connectivity index (χ4n) is 2.40. The van der Waals surface area contributed by atoms with E-state index in [9.17, 15) is 13.2 Å². The summed E-state index contributed by atoms with van der Waals surface area (Å²) < 4.78 is 31.0. The number of sulfonamides is 1. The molecule has 0 spiro atoms. The molecule has 0 aromatic heterocycles. The van der Waals surface area contributed by atoms with Crippen molar-refractivity contribution in [3.8, 4) is 5.75 Å². The molecule has 26 heavy (non-hydrogen) atoms. The van der Waals surface area contributed by atoms with E-state index in [0.717, 1.165) is 10.6 Å². The Labute approximate surface area is 158 Å². The Morgan fingerprint density at radius 1 is 1.23 bits per heavy atom. The Balaban J connectivity index is 2.27. The first-order valence-corrected chi connectivity index (χ1v) is 10.2. The lowest BCUT2D eigenvalue weighted by Gasteiger charge is -2.24. The molecule has 0 radical (unpaired) electrons. The van der Waals surface area contributed by atoms with Crippen LogP contribution in [0.15, 0.2) is 42.5 Å². The lowest BCUT2D eigenvalue weighted by molar-refractivity contribution is -0.114. The number of hydrogen-bond donors (Lipinski definition) is 1. The van der Waals surface area contributed by atoms with E-state index in [1.807, 2.05) is 6.92 Å². The van der Waals surface area contributed by atoms with Crippen LogP contribution in [-0.4, -0.2) is 33.7 Å². The molecule has 0 heterocycles. The predicted molar refractivity (Wildman–Crippen MR) is 105 cm³/mol. The van der Waals surface area contributed by atoms with Gasteiger partial charge in [0.1, 0.15) is 12.3 Å². The van der Waals surface area contributed by atoms with E-state index in [-0.39, 0.29) is 6.54 Å². The van der Waals surface area contributed by atoms with Crippen LogP contribution in [0.4, 0.5) is 11.4 Å². The number of nitrogens with one attached hydrogen (secondary N) is 1. The summed E-state index contributed by atoms with van der Waals surface area (Å²) >= 11 is 5.99. The van der Waals surface area contributed by atoms with Crippen LogP contribution < -0.4 is 14.4 Å². The summed E-state index contributed by atoms with van der Waals surface area (Å²) in [6.45, 7) is 3.67. The molecule has 2 aromatic rings. The van der Waals surface area contributed by atoms with Crippen molar-refractivity contribution in [1.82, 2.24) is 0 Å². The van der Waals surface area contributed by atoms with Gasteiger partial charge in [0.2, 0.25) is 15.9 Å². The molecule has 140 valence electrons. The highest BCUT2D eigenvalue weighted by Gasteiger charge is 2.23. The fourth-order valence-corrected chi connectivity index (χ4v) is 3.48. The lowest BCUT2D eigenvalue weighted by Crippen LogP contribution is -2.37. The van der Waals surface area contributed by atoms with Gasteiger partial charge in [-0.1, -0.05) is 29.8 Å². The minimum absolute atomic E-state index is 0.369. The van der Waals surface area contributed by atoms with E-state index in [0.29, 0.717) is 34.3 Å². The topological polar surface area (TPSA) is 75.7 Å². The molecule has 0 fully saturated rings. The second-order valence-electron chi connectivity index (χ2n) is 5.68. The van der Waals surface area contributed by atoms with Gasteiger partial charge in [0.05, 0.1) is 24.2 Å². The van der Waals surface area contributed by atoms with E-state index in [2.05, 4.69) is 5.32 Å². The number of halogens is 1. The van der Waals surface area contributed by atoms with E-state index in [1.165, 1.54) is 6.07 Å². The number of anilines is 2. The largest absolute Gasteiger partial charge is 0.492 e. The van der Waals surface area contributed by atoms with Crippen molar-refractivity contribution in [3.05, 3.63) is 53.1 Å². The summed E-state index contributed by atoms with van der Waals surface area (Å²) in [5.74, 6) is 0.0372. The SMILES string of the molecule is CCOc1ccccc1NC(=O)CN(c1cc(Cl)ccc1C)S(C)(=O)=O. The Hall–Kier alpha value is -2.25. The Kier molecular flexibility index (Phi) is 6.50. The average molecular weight is 397 g/mol. The molecule has 2 aromatic carbocycles. The van der Waals surface area contributed by atoms with Crippen LogP contribution in [-0.2, 0) is 14.8 Å². The number of rotatable bonds is 7. The predicted octanol–water partition coefficient (Wildman–Crippen LogP) is 3.45. The Morgan fingerprint density at radius 3 is 2.58 bits per heavy atom. The van der Waals surface area contributed by atoms with Crippen LogP contribution in [0.5, 0.6) is 5.75 Å². The first-order valence-electron chi connectivity index (χ1n) is 7.98. The monoisotopic (exact) mass is 396 g/mol. The van der Waals surface area contributed by atoms with Crippen LogP contribution in [0, 0.1) is 6.92 Å². The van der Waals surface area contributed by atoms with Crippen molar-refractivity contribution in [1.29, 1.82) is 0 Å². The number of carbonyl (C=O) groups is 1. The van der Waals surface area contributed by atoms with Crippen LogP contribution in [0.1, 0.15) is 12.5 Å². The van der Waals surface area contributed by atoms with Crippen molar-refractivity contribution in [2.75, 3.05) is 29.0 Å². The maximum absolute atomic E-state index is 12.5. The van der Waals surface area contributed by atoms with Crippen molar-refractivity contribution in [3.63, 3.8) is 0 Å². The second kappa shape index (κ2) is 8.42. The van der Waals surface area contributed by atoms with Gasteiger partial charge in [-0.15, -0.1) is 0 Å². The van der Waals surface area contributed by atoms with Crippen molar-refractivity contribution in [2.24, 2.45) is 0 Å². The zero-order valence-electron chi connectivity index (χ0n) is 14.8. The van der Waals surface area contributed by atoms with Gasteiger partial charge in [0.15, 0.2) is 0 Å². The van der Waals surface area contributed by atoms with Crippen LogP contribution in [0.25, 0.3) is 0 Å². The molecule has 2 rings (SSSR count). The number of amides is 1.